The molecule has 6 nitrogen and oxygen atoms in total. The van der Waals surface area contributed by atoms with Gasteiger partial charge < -0.3 is 20.4 Å². The number of rotatable bonds is 6. The minimum Gasteiger partial charge on any atom is -0.391 e. The number of allylic oxidation sites excluding steroid dienone is 1. The first-order chi connectivity index (χ1) is 15.1. The van der Waals surface area contributed by atoms with Crippen LogP contribution in [0.15, 0.2) is 35.5 Å². The number of carbonyl (C=O) groups is 1. The van der Waals surface area contributed by atoms with Crippen LogP contribution < -0.4 is 10.6 Å². The molecule has 1 saturated heterocycles. The van der Waals surface area contributed by atoms with Gasteiger partial charge in [-0.15, -0.1) is 0 Å². The molecule has 1 aromatic carbocycles. The van der Waals surface area contributed by atoms with Crippen molar-refractivity contribution in [2.75, 3.05) is 39.8 Å². The molecule has 2 aliphatic rings. The number of piperazine rings is 1. The average molecular weight is 460 g/mol. The Labute approximate surface area is 197 Å². The minimum absolute atomic E-state index is 0.0740. The Morgan fingerprint density at radius 2 is 1.75 bits per heavy atom. The second kappa shape index (κ2) is 10.3. The Kier molecular flexibility index (Phi) is 7.88. The zero-order valence-corrected chi connectivity index (χ0v) is 20.9. The summed E-state index contributed by atoms with van der Waals surface area (Å²) in [6.07, 6.45) is 2.10. The lowest BCUT2D eigenvalue weighted by Crippen LogP contribution is -2.53. The van der Waals surface area contributed by atoms with Crippen molar-refractivity contribution in [2.24, 2.45) is 5.92 Å². The summed E-state index contributed by atoms with van der Waals surface area (Å²) in [6.45, 7) is 11.8. The van der Waals surface area contributed by atoms with E-state index in [2.05, 4.69) is 43.2 Å². The Morgan fingerprint density at radius 3 is 2.31 bits per heavy atom. The van der Waals surface area contributed by atoms with Gasteiger partial charge in [0.05, 0.1) is 5.92 Å². The Hall–Kier alpha value is -2.05. The molecule has 3 N–H and O–H groups in total. The van der Waals surface area contributed by atoms with Crippen LogP contribution >= 0.6 is 11.6 Å². The van der Waals surface area contributed by atoms with Gasteiger partial charge in [0.2, 0.25) is 5.91 Å². The zero-order chi connectivity index (χ0) is 23.5. The highest BCUT2D eigenvalue weighted by Gasteiger charge is 2.33. The lowest BCUT2D eigenvalue weighted by molar-refractivity contribution is -0.134. The fourth-order valence-corrected chi connectivity index (χ4v) is 4.69. The monoisotopic (exact) mass is 459 g/mol. The molecule has 1 aliphatic heterocycles. The van der Waals surface area contributed by atoms with Crippen molar-refractivity contribution in [2.45, 2.75) is 52.0 Å². The van der Waals surface area contributed by atoms with Crippen LogP contribution in [0.25, 0.3) is 0 Å². The minimum atomic E-state index is -0.258. The van der Waals surface area contributed by atoms with Crippen LogP contribution in [-0.4, -0.2) is 66.9 Å². The highest BCUT2D eigenvalue weighted by atomic mass is 35.5. The molecule has 1 aliphatic carbocycles. The predicted octanol–water partition coefficient (Wildman–Crippen LogP) is 3.84. The summed E-state index contributed by atoms with van der Waals surface area (Å²) in [6, 6.07) is 7.61. The van der Waals surface area contributed by atoms with Crippen molar-refractivity contribution in [3.63, 3.8) is 0 Å². The number of amidine groups is 1. The van der Waals surface area contributed by atoms with E-state index in [0.717, 1.165) is 24.0 Å². The molecule has 176 valence electrons. The normalized spacial score (nSPS) is 20.5. The topological polar surface area (TPSA) is 71.5 Å². The summed E-state index contributed by atoms with van der Waals surface area (Å²) in [5.74, 6) is 0.906. The summed E-state index contributed by atoms with van der Waals surface area (Å²) in [5.41, 5.74) is 3.24. The van der Waals surface area contributed by atoms with E-state index in [4.69, 9.17) is 17.0 Å². The molecule has 7 heteroatoms. The first kappa shape index (κ1) is 24.6. The molecule has 1 amide bonds. The third-order valence-electron chi connectivity index (χ3n) is 6.52. The second-order valence-corrected chi connectivity index (χ2v) is 10.4. The Morgan fingerprint density at radius 1 is 1.16 bits per heavy atom. The number of hydrogen-bond acceptors (Lipinski definition) is 4. The number of halogens is 1. The van der Waals surface area contributed by atoms with E-state index in [1.165, 1.54) is 5.70 Å². The fourth-order valence-electron chi connectivity index (χ4n) is 4.57. The smallest absolute Gasteiger partial charge is 0.231 e. The summed E-state index contributed by atoms with van der Waals surface area (Å²) in [5, 5.41) is 16.3. The Balaban J connectivity index is 1.68. The number of amides is 1. The lowest BCUT2D eigenvalue weighted by atomic mass is 9.95. The summed E-state index contributed by atoms with van der Waals surface area (Å²) in [7, 11) is 1.94. The van der Waals surface area contributed by atoms with E-state index < -0.39 is 0 Å². The first-order valence-corrected chi connectivity index (χ1v) is 12.0. The highest BCUT2D eigenvalue weighted by Crippen LogP contribution is 2.32. The Bertz CT molecular complexity index is 850. The van der Waals surface area contributed by atoms with Crippen molar-refractivity contribution in [3.05, 3.63) is 46.1 Å². The quantitative estimate of drug-likeness (QED) is 0.446. The predicted molar refractivity (Wildman–Crippen MR) is 132 cm³/mol. The fraction of sp³-hybridized carbons (Fsp3) is 0.600. The van der Waals surface area contributed by atoms with Gasteiger partial charge in [0, 0.05) is 61.6 Å². The number of hydrogen-bond donors (Lipinski definition) is 3. The van der Waals surface area contributed by atoms with Crippen LogP contribution in [0, 0.1) is 11.3 Å². The lowest BCUT2D eigenvalue weighted by Gasteiger charge is -2.39. The molecule has 2 atom stereocenters. The standard InChI is InChI=1S/C25H38ClN5O/c1-17-6-11-21(28-5)22(17)23(27)30-12-14-31(15-13-30)24(32)20(16-29-25(2,3)4)18-7-9-19(26)10-8-18/h7-10,17,20,27-29H,6,11-16H2,1-5H3/t17-,20?/m1/s1. The van der Waals surface area contributed by atoms with Gasteiger partial charge in [0.25, 0.3) is 0 Å². The maximum atomic E-state index is 13.5. The highest BCUT2D eigenvalue weighted by molar-refractivity contribution is 6.30. The van der Waals surface area contributed by atoms with Crippen LogP contribution in [0.1, 0.15) is 52.0 Å². The van der Waals surface area contributed by atoms with Gasteiger partial charge in [0.1, 0.15) is 5.84 Å². The second-order valence-electron chi connectivity index (χ2n) is 9.98. The molecule has 0 aromatic heterocycles. The van der Waals surface area contributed by atoms with Crippen molar-refractivity contribution >= 4 is 23.3 Å². The van der Waals surface area contributed by atoms with Crippen LogP contribution in [0.2, 0.25) is 5.02 Å². The zero-order valence-electron chi connectivity index (χ0n) is 20.1. The number of carbonyl (C=O) groups excluding carboxylic acids is 1. The maximum absolute atomic E-state index is 13.5. The van der Waals surface area contributed by atoms with Gasteiger partial charge in [-0.2, -0.15) is 0 Å². The van der Waals surface area contributed by atoms with Crippen molar-refractivity contribution < 1.29 is 4.79 Å². The number of benzene rings is 1. The molecular weight excluding hydrogens is 422 g/mol. The molecule has 0 bridgehead atoms. The van der Waals surface area contributed by atoms with E-state index in [9.17, 15) is 4.79 Å². The van der Waals surface area contributed by atoms with Crippen molar-refractivity contribution in [1.82, 2.24) is 20.4 Å². The average Bonchev–Trinajstić information content (AvgIpc) is 3.14. The summed E-state index contributed by atoms with van der Waals surface area (Å²) < 4.78 is 0. The molecule has 3 rings (SSSR count). The van der Waals surface area contributed by atoms with Gasteiger partial charge in [0.15, 0.2) is 0 Å². The number of nitrogens with one attached hydrogen (secondary N) is 3. The molecule has 0 radical (unpaired) electrons. The molecule has 0 saturated carbocycles. The molecule has 0 spiro atoms. The van der Waals surface area contributed by atoms with Gasteiger partial charge >= 0.3 is 0 Å². The summed E-state index contributed by atoms with van der Waals surface area (Å²) >= 11 is 6.08. The van der Waals surface area contributed by atoms with Crippen molar-refractivity contribution in [3.8, 4) is 0 Å². The van der Waals surface area contributed by atoms with Gasteiger partial charge in [-0.25, -0.2) is 0 Å². The van der Waals surface area contributed by atoms with E-state index in [0.29, 0.717) is 49.5 Å². The number of nitrogens with zero attached hydrogens (tertiary/aromatic N) is 2. The molecule has 1 unspecified atom stereocenters. The molecule has 1 heterocycles. The van der Waals surface area contributed by atoms with Crippen LogP contribution in [-0.2, 0) is 4.79 Å². The SMILES string of the molecule is CNC1=C(C(=N)N2CCN(C(=O)C(CNC(C)(C)C)c3ccc(Cl)cc3)CC2)[C@H](C)CC1. The van der Waals surface area contributed by atoms with Gasteiger partial charge in [-0.05, 0) is 57.2 Å². The van der Waals surface area contributed by atoms with Crippen LogP contribution in [0.5, 0.6) is 0 Å². The molecule has 1 aromatic rings. The third-order valence-corrected chi connectivity index (χ3v) is 6.77. The largest absolute Gasteiger partial charge is 0.391 e. The first-order valence-electron chi connectivity index (χ1n) is 11.6. The van der Waals surface area contributed by atoms with Crippen LogP contribution in [0.4, 0.5) is 0 Å². The van der Waals surface area contributed by atoms with Crippen LogP contribution in [0.3, 0.4) is 0 Å². The van der Waals surface area contributed by atoms with E-state index >= 15 is 0 Å². The maximum Gasteiger partial charge on any atom is 0.231 e. The molecular formula is C25H38ClN5O. The third kappa shape index (κ3) is 5.84. The van der Waals surface area contributed by atoms with Gasteiger partial charge in [-0.3, -0.25) is 10.2 Å². The van der Waals surface area contributed by atoms with E-state index in [1.807, 2.05) is 36.2 Å². The summed E-state index contributed by atoms with van der Waals surface area (Å²) in [4.78, 5) is 17.6. The molecule has 1 fully saturated rings. The van der Waals surface area contributed by atoms with Gasteiger partial charge in [-0.1, -0.05) is 30.7 Å². The molecule has 32 heavy (non-hydrogen) atoms. The van der Waals surface area contributed by atoms with E-state index in [-0.39, 0.29) is 17.4 Å². The van der Waals surface area contributed by atoms with E-state index in [1.54, 1.807) is 0 Å². The van der Waals surface area contributed by atoms with Crippen molar-refractivity contribution in [1.29, 1.82) is 5.41 Å².